The van der Waals surface area contributed by atoms with Crippen LogP contribution < -0.4 is 24.7 Å². The Balaban J connectivity index is 0.000000148. The summed E-state index contributed by atoms with van der Waals surface area (Å²) in [6, 6.07) is 18.1. The van der Waals surface area contributed by atoms with Crippen LogP contribution in [0.1, 0.15) is 72.9 Å². The molecular formula is C44H46N10O8S2. The molecule has 0 saturated heterocycles. The molecule has 10 rings (SSSR count). The van der Waals surface area contributed by atoms with E-state index in [0.29, 0.717) is 23.5 Å². The summed E-state index contributed by atoms with van der Waals surface area (Å²) >= 11 is 0. The molecule has 4 aliphatic rings. The van der Waals surface area contributed by atoms with Crippen LogP contribution in [0.3, 0.4) is 0 Å². The summed E-state index contributed by atoms with van der Waals surface area (Å²) < 4.78 is 62.7. The van der Waals surface area contributed by atoms with Gasteiger partial charge in [-0.15, -0.1) is 0 Å². The minimum atomic E-state index is -4.09. The number of ether oxygens (including phenoxy) is 2. The maximum atomic E-state index is 12.8. The van der Waals surface area contributed by atoms with Crippen molar-refractivity contribution in [1.82, 2.24) is 34.3 Å². The van der Waals surface area contributed by atoms with Crippen LogP contribution in [0.5, 0.6) is 11.8 Å². The third-order valence-corrected chi connectivity index (χ3v) is 13.3. The van der Waals surface area contributed by atoms with Gasteiger partial charge < -0.3 is 14.8 Å². The van der Waals surface area contributed by atoms with Crippen molar-refractivity contribution in [3.63, 3.8) is 0 Å². The zero-order valence-electron chi connectivity index (χ0n) is 35.1. The summed E-state index contributed by atoms with van der Waals surface area (Å²) in [4.78, 5) is 35.7. The number of anilines is 1. The van der Waals surface area contributed by atoms with Crippen LogP contribution in [0.15, 0.2) is 100 Å². The van der Waals surface area contributed by atoms with Gasteiger partial charge in [-0.1, -0.05) is 24.3 Å². The van der Waals surface area contributed by atoms with Crippen molar-refractivity contribution in [2.45, 2.75) is 86.3 Å². The van der Waals surface area contributed by atoms with E-state index >= 15 is 0 Å². The normalized spacial score (nSPS) is 15.0. The van der Waals surface area contributed by atoms with Crippen molar-refractivity contribution in [2.24, 2.45) is 10.1 Å². The number of isocyanates is 1. The number of nitrogens with two attached hydrogens (primary N) is 1. The highest BCUT2D eigenvalue weighted by Gasteiger charge is 2.29. The van der Waals surface area contributed by atoms with Gasteiger partial charge in [-0.25, -0.2) is 37.8 Å². The summed E-state index contributed by atoms with van der Waals surface area (Å²) in [6.07, 6.45) is 18.2. The Labute approximate surface area is 370 Å². The number of benzene rings is 2. The maximum Gasteiger partial charge on any atom is 0.333 e. The molecule has 4 aliphatic carbocycles. The van der Waals surface area contributed by atoms with E-state index in [1.165, 1.54) is 30.4 Å². The third kappa shape index (κ3) is 10.0. The zero-order valence-corrected chi connectivity index (χ0v) is 36.7. The number of rotatable bonds is 11. The first-order valence-corrected chi connectivity index (χ1v) is 23.7. The molecule has 0 spiro atoms. The summed E-state index contributed by atoms with van der Waals surface area (Å²) in [5.74, 6) is 0.997. The first-order valence-electron chi connectivity index (χ1n) is 20.7. The Kier molecular flexibility index (Phi) is 12.7. The van der Waals surface area contributed by atoms with E-state index in [2.05, 4.69) is 47.3 Å². The number of sulfonamides is 2. The molecule has 2 saturated carbocycles. The van der Waals surface area contributed by atoms with Crippen molar-refractivity contribution in [1.29, 1.82) is 0 Å². The predicted molar refractivity (Wildman–Crippen MR) is 236 cm³/mol. The van der Waals surface area contributed by atoms with Crippen molar-refractivity contribution in [3.8, 4) is 34.0 Å². The van der Waals surface area contributed by atoms with Gasteiger partial charge in [0.15, 0.2) is 10.1 Å². The summed E-state index contributed by atoms with van der Waals surface area (Å²) in [7, 11) is -4.59. The van der Waals surface area contributed by atoms with Crippen molar-refractivity contribution < 1.29 is 35.9 Å². The minimum absolute atomic E-state index is 0.0469. The largest absolute Gasteiger partial charge is 0.481 e. The average Bonchev–Trinajstić information content (AvgIpc) is 4.00. The monoisotopic (exact) mass is 906 g/mol. The second-order valence-electron chi connectivity index (χ2n) is 15.6. The van der Waals surface area contributed by atoms with E-state index in [9.17, 15) is 26.4 Å². The molecule has 2 fully saturated rings. The van der Waals surface area contributed by atoms with Gasteiger partial charge in [0.2, 0.25) is 17.8 Å². The number of pyridine rings is 2. The van der Waals surface area contributed by atoms with Gasteiger partial charge >= 0.3 is 6.03 Å². The Morgan fingerprint density at radius 3 is 1.81 bits per heavy atom. The molecule has 332 valence electrons. The van der Waals surface area contributed by atoms with Crippen LogP contribution >= 0.6 is 0 Å². The molecular weight excluding hydrogens is 861 g/mol. The number of amides is 2. The standard InChI is InChI=1S/C22H23N5O4S.C16H14N2O2.C6H9N3O2S/c1-31-19-13-15(9-11-23-19)18-8-5-14-3-2-4-17(14)21(18)24-22(28)26-32(29,30)20-10-12-27(25-20)16-6-7-16;1-20-15-9-12(7-8-17-15)14-6-5-11-3-2-4-13(11)16(14)18-10-19;7-12(10,11)6-3-4-9(8-6)5-1-2-5/h5,8-13,16H,2-4,6-7H2,1H3,(H2,24,26,28);5-9H,2-4H2,1H3;3-5H,1-2H2,(H2,7,10,11). The van der Waals surface area contributed by atoms with Crippen molar-refractivity contribution >= 4 is 43.5 Å². The molecule has 0 bridgehead atoms. The topological polar surface area (TPSA) is 245 Å². The van der Waals surface area contributed by atoms with Gasteiger partial charge in [-0.2, -0.15) is 23.6 Å². The number of aryl methyl sites for hydroxylation is 2. The van der Waals surface area contributed by atoms with Crippen LogP contribution in [-0.2, 0) is 50.5 Å². The molecule has 20 heteroatoms. The first kappa shape index (κ1) is 43.9. The molecule has 0 unspecified atom stereocenters. The molecule has 4 heterocycles. The van der Waals surface area contributed by atoms with Gasteiger partial charge in [0.25, 0.3) is 20.0 Å². The van der Waals surface area contributed by atoms with Gasteiger partial charge in [0.05, 0.1) is 37.7 Å². The van der Waals surface area contributed by atoms with Crippen LogP contribution in [0, 0.1) is 0 Å². The Bertz CT molecular complexity index is 2990. The molecule has 0 aliphatic heterocycles. The first-order chi connectivity index (χ1) is 30.8. The fourth-order valence-corrected chi connectivity index (χ4v) is 9.11. The summed E-state index contributed by atoms with van der Waals surface area (Å²) in [6.45, 7) is 0. The van der Waals surface area contributed by atoms with E-state index in [1.54, 1.807) is 53.4 Å². The van der Waals surface area contributed by atoms with E-state index in [4.69, 9.17) is 14.6 Å². The molecule has 6 aromatic rings. The Morgan fingerprint density at radius 1 is 0.734 bits per heavy atom. The molecule has 4 aromatic heterocycles. The van der Waals surface area contributed by atoms with E-state index in [-0.39, 0.29) is 16.1 Å². The number of aliphatic imine (C=N–C) groups is 1. The molecule has 2 amide bonds. The van der Waals surface area contributed by atoms with Gasteiger partial charge in [0, 0.05) is 48.0 Å². The number of fused-ring (bicyclic) bond motifs is 2. The van der Waals surface area contributed by atoms with Gasteiger partial charge in [-0.3, -0.25) is 9.36 Å². The molecule has 4 N–H and O–H groups in total. The number of urea groups is 1. The fraction of sp³-hybridized carbons (Fsp3) is 0.318. The lowest BCUT2D eigenvalue weighted by molar-refractivity contribution is 0.256. The lowest BCUT2D eigenvalue weighted by Crippen LogP contribution is -2.35. The number of hydrogen-bond acceptors (Lipinski definition) is 13. The maximum absolute atomic E-state index is 12.8. The summed E-state index contributed by atoms with van der Waals surface area (Å²) in [5.41, 5.74) is 9.41. The Morgan fingerprint density at radius 2 is 1.27 bits per heavy atom. The number of nitrogens with one attached hydrogen (secondary N) is 2. The van der Waals surface area contributed by atoms with E-state index in [1.807, 2.05) is 30.3 Å². The minimum Gasteiger partial charge on any atom is -0.481 e. The van der Waals surface area contributed by atoms with Crippen molar-refractivity contribution in [3.05, 3.63) is 108 Å². The Hall–Kier alpha value is -6.73. The SMILES string of the molecule is COc1cc(-c2ccc3c(c2N=C=O)CCC3)ccn1.COc1cc(-c2ccc3c(c2NC(=O)NS(=O)(=O)c2ccn(C4CC4)n2)CCC3)ccn1.NS(=O)(=O)c1ccn(C2CC2)n1. The van der Waals surface area contributed by atoms with Crippen LogP contribution in [0.4, 0.5) is 16.2 Å². The number of methoxy groups -OCH3 is 2. The molecule has 0 atom stereocenters. The third-order valence-electron chi connectivity index (χ3n) is 11.2. The lowest BCUT2D eigenvalue weighted by Gasteiger charge is -2.17. The number of primary sulfonamides is 1. The van der Waals surface area contributed by atoms with E-state index < -0.39 is 26.1 Å². The molecule has 2 aromatic carbocycles. The summed E-state index contributed by atoms with van der Waals surface area (Å²) in [5, 5.41) is 15.4. The smallest absolute Gasteiger partial charge is 0.333 e. The zero-order chi connectivity index (χ0) is 45.0. The number of carbonyl (C=O) groups is 1. The van der Waals surface area contributed by atoms with Crippen LogP contribution in [0.25, 0.3) is 22.3 Å². The van der Waals surface area contributed by atoms with Crippen LogP contribution in [-0.4, -0.2) is 72.7 Å². The quantitative estimate of drug-likeness (QED) is 0.0949. The number of hydrogen-bond donors (Lipinski definition) is 3. The molecule has 0 radical (unpaired) electrons. The van der Waals surface area contributed by atoms with Gasteiger partial charge in [0.1, 0.15) is 0 Å². The lowest BCUT2D eigenvalue weighted by atomic mass is 9.98. The number of nitrogens with zero attached hydrogens (tertiary/aromatic N) is 7. The molecule has 64 heavy (non-hydrogen) atoms. The number of carbonyl (C=O) groups excluding carboxylic acids is 2. The fourth-order valence-electron chi connectivity index (χ4n) is 7.81. The van der Waals surface area contributed by atoms with E-state index in [0.717, 1.165) is 103 Å². The highest BCUT2D eigenvalue weighted by atomic mass is 32.2. The number of aromatic nitrogens is 6. The average molecular weight is 907 g/mol. The van der Waals surface area contributed by atoms with Gasteiger partial charge in [-0.05, 0) is 122 Å². The molecule has 18 nitrogen and oxygen atoms in total. The second-order valence-corrected chi connectivity index (χ2v) is 18.8. The highest BCUT2D eigenvalue weighted by Crippen LogP contribution is 2.41. The predicted octanol–water partition coefficient (Wildman–Crippen LogP) is 6.37. The second kappa shape index (κ2) is 18.5. The van der Waals surface area contributed by atoms with Crippen LogP contribution in [0.2, 0.25) is 0 Å². The highest BCUT2D eigenvalue weighted by molar-refractivity contribution is 7.90. The van der Waals surface area contributed by atoms with Crippen molar-refractivity contribution in [2.75, 3.05) is 19.5 Å².